The number of carbonyl (C=O) groups excluding carboxylic acids is 1. The topological polar surface area (TPSA) is 69.6 Å². The van der Waals surface area contributed by atoms with Crippen LogP contribution >= 0.6 is 19.7 Å². The molecular weight excluding hydrogens is 257 g/mol. The normalized spacial score (nSPS) is 11.1. The number of benzene rings is 1. The molecule has 0 bridgehead atoms. The van der Waals surface area contributed by atoms with E-state index >= 15 is 0 Å². The fourth-order valence-corrected chi connectivity index (χ4v) is 3.10. The Hall–Kier alpha value is -1.00. The van der Waals surface area contributed by atoms with E-state index in [1.165, 1.54) is 11.3 Å². The molecule has 2 aromatic rings. The van der Waals surface area contributed by atoms with Gasteiger partial charge in [0.05, 0.1) is 4.88 Å². The van der Waals surface area contributed by atoms with E-state index in [1.807, 2.05) is 24.3 Å². The summed E-state index contributed by atoms with van der Waals surface area (Å²) in [5, 5.41) is 3.54. The molecule has 1 heterocycles. The Bertz CT molecular complexity index is 553. The zero-order valence-electron chi connectivity index (χ0n) is 9.17. The van der Waals surface area contributed by atoms with Crippen LogP contribution in [0.15, 0.2) is 24.3 Å². The number of hydrogen-bond donors (Lipinski definition) is 3. The summed E-state index contributed by atoms with van der Waals surface area (Å²) in [4.78, 5) is 30.1. The maximum absolute atomic E-state index is 11.5. The maximum Gasteiger partial charge on any atom is 0.261 e. The Morgan fingerprint density at radius 1 is 1.41 bits per heavy atom. The second kappa shape index (κ2) is 5.10. The molecule has 0 saturated heterocycles. The summed E-state index contributed by atoms with van der Waals surface area (Å²) >= 11 is 1.43. The lowest BCUT2D eigenvalue weighted by molar-refractivity contribution is 0.0967. The van der Waals surface area contributed by atoms with Crippen molar-refractivity contribution >= 4 is 35.7 Å². The summed E-state index contributed by atoms with van der Waals surface area (Å²) in [6, 6.07) is 7.47. The molecule has 0 atom stereocenters. The highest BCUT2D eigenvalue weighted by atomic mass is 32.1. The van der Waals surface area contributed by atoms with Crippen LogP contribution in [0.25, 0.3) is 10.1 Å². The minimum atomic E-state index is -1.92. The standard InChI is InChI=1S/C11H12NO3PS/c1-12-11(13)10-5-8-4-7(6-16(14)15)2-3-9(8)17-10/h2-5,14-15H,6H2,1H3,(H,12,13). The lowest BCUT2D eigenvalue weighted by Gasteiger charge is -2.01. The van der Waals surface area contributed by atoms with Gasteiger partial charge in [-0.15, -0.1) is 11.3 Å². The molecule has 1 aromatic carbocycles. The molecule has 0 fully saturated rings. The van der Waals surface area contributed by atoms with Crippen LogP contribution < -0.4 is 5.32 Å². The van der Waals surface area contributed by atoms with Crippen molar-refractivity contribution in [1.82, 2.24) is 5.32 Å². The molecule has 3 N–H and O–H groups in total. The molecule has 17 heavy (non-hydrogen) atoms. The number of carbonyl (C=O) groups is 1. The van der Waals surface area contributed by atoms with Crippen molar-refractivity contribution in [3.8, 4) is 0 Å². The average molecular weight is 269 g/mol. The van der Waals surface area contributed by atoms with Gasteiger partial charge >= 0.3 is 0 Å². The van der Waals surface area contributed by atoms with Crippen molar-refractivity contribution in [1.29, 1.82) is 0 Å². The van der Waals surface area contributed by atoms with Gasteiger partial charge in [-0.25, -0.2) is 0 Å². The Morgan fingerprint density at radius 3 is 2.82 bits per heavy atom. The average Bonchev–Trinajstić information content (AvgIpc) is 2.70. The van der Waals surface area contributed by atoms with Gasteiger partial charge < -0.3 is 15.1 Å². The summed E-state index contributed by atoms with van der Waals surface area (Å²) in [7, 11) is -0.317. The molecule has 90 valence electrons. The minimum Gasteiger partial charge on any atom is -0.354 e. The zero-order chi connectivity index (χ0) is 12.4. The van der Waals surface area contributed by atoms with Gasteiger partial charge in [-0.2, -0.15) is 0 Å². The van der Waals surface area contributed by atoms with Crippen molar-refractivity contribution < 1.29 is 14.6 Å². The largest absolute Gasteiger partial charge is 0.354 e. The van der Waals surface area contributed by atoms with E-state index in [1.54, 1.807) is 7.05 Å². The summed E-state index contributed by atoms with van der Waals surface area (Å²) in [5.74, 6) is -0.0979. The smallest absolute Gasteiger partial charge is 0.261 e. The van der Waals surface area contributed by atoms with Crippen molar-refractivity contribution in [2.75, 3.05) is 7.05 Å². The first-order chi connectivity index (χ1) is 8.10. The molecule has 0 aliphatic carbocycles. The van der Waals surface area contributed by atoms with Crippen LogP contribution in [-0.2, 0) is 6.16 Å². The van der Waals surface area contributed by atoms with E-state index in [4.69, 9.17) is 9.79 Å². The van der Waals surface area contributed by atoms with E-state index in [0.29, 0.717) is 4.88 Å². The molecule has 0 unspecified atom stereocenters. The highest BCUT2D eigenvalue weighted by Crippen LogP contribution is 2.32. The minimum absolute atomic E-state index is 0.0979. The van der Waals surface area contributed by atoms with Gasteiger partial charge in [0.1, 0.15) is 0 Å². The molecule has 4 nitrogen and oxygen atoms in total. The second-order valence-corrected chi connectivity index (χ2v) is 5.74. The Labute approximate surface area is 104 Å². The van der Waals surface area contributed by atoms with Crippen molar-refractivity contribution in [2.45, 2.75) is 6.16 Å². The molecule has 0 radical (unpaired) electrons. The third kappa shape index (κ3) is 2.82. The number of fused-ring (bicyclic) bond motifs is 1. The van der Waals surface area contributed by atoms with Crippen molar-refractivity contribution in [2.24, 2.45) is 0 Å². The molecule has 2 rings (SSSR count). The third-order valence-corrected chi connectivity index (χ3v) is 4.12. The molecule has 6 heteroatoms. The summed E-state index contributed by atoms with van der Waals surface area (Å²) in [6.45, 7) is 0. The number of nitrogens with one attached hydrogen (secondary N) is 1. The molecule has 1 amide bonds. The Morgan fingerprint density at radius 2 is 2.18 bits per heavy atom. The van der Waals surface area contributed by atoms with Crippen LogP contribution in [0.5, 0.6) is 0 Å². The first-order valence-electron chi connectivity index (χ1n) is 5.00. The highest BCUT2D eigenvalue weighted by Gasteiger charge is 2.09. The number of thiophene rings is 1. The summed E-state index contributed by atoms with van der Waals surface area (Å²) in [6.07, 6.45) is 0.260. The van der Waals surface area contributed by atoms with Crippen LogP contribution in [-0.4, -0.2) is 22.7 Å². The van der Waals surface area contributed by atoms with E-state index < -0.39 is 8.38 Å². The monoisotopic (exact) mass is 269 g/mol. The van der Waals surface area contributed by atoms with Gasteiger partial charge in [-0.1, -0.05) is 6.07 Å². The van der Waals surface area contributed by atoms with Crippen LogP contribution in [0.4, 0.5) is 0 Å². The molecular formula is C11H12NO3PS. The Kier molecular flexibility index (Phi) is 3.74. The fourth-order valence-electron chi connectivity index (χ4n) is 1.59. The fraction of sp³-hybridized carbons (Fsp3) is 0.182. The van der Waals surface area contributed by atoms with E-state index in [2.05, 4.69) is 5.32 Å². The third-order valence-electron chi connectivity index (χ3n) is 2.36. The highest BCUT2D eigenvalue weighted by molar-refractivity contribution is 7.44. The van der Waals surface area contributed by atoms with E-state index in [9.17, 15) is 4.79 Å². The lowest BCUT2D eigenvalue weighted by Crippen LogP contribution is -2.15. The predicted octanol–water partition coefficient (Wildman–Crippen LogP) is 2.06. The van der Waals surface area contributed by atoms with Crippen LogP contribution in [0, 0.1) is 0 Å². The van der Waals surface area contributed by atoms with Gasteiger partial charge in [-0.3, -0.25) is 4.79 Å². The van der Waals surface area contributed by atoms with Gasteiger partial charge in [0.2, 0.25) is 0 Å². The van der Waals surface area contributed by atoms with Gasteiger partial charge in [0.25, 0.3) is 5.91 Å². The summed E-state index contributed by atoms with van der Waals surface area (Å²) in [5.41, 5.74) is 0.870. The number of rotatable bonds is 3. The second-order valence-electron chi connectivity index (χ2n) is 3.59. The zero-order valence-corrected chi connectivity index (χ0v) is 10.9. The predicted molar refractivity (Wildman–Crippen MR) is 70.3 cm³/mol. The van der Waals surface area contributed by atoms with Crippen molar-refractivity contribution in [3.63, 3.8) is 0 Å². The molecule has 0 aliphatic rings. The first kappa shape index (κ1) is 12.5. The number of amides is 1. The molecule has 0 aliphatic heterocycles. The summed E-state index contributed by atoms with van der Waals surface area (Å²) < 4.78 is 1.02. The van der Waals surface area contributed by atoms with Crippen molar-refractivity contribution in [3.05, 3.63) is 34.7 Å². The van der Waals surface area contributed by atoms with Crippen LogP contribution in [0.2, 0.25) is 0 Å². The first-order valence-corrected chi connectivity index (χ1v) is 7.25. The lowest BCUT2D eigenvalue weighted by atomic mass is 10.2. The van der Waals surface area contributed by atoms with Gasteiger partial charge in [-0.05, 0) is 29.1 Å². The quantitative estimate of drug-likeness (QED) is 0.747. The molecule has 1 aromatic heterocycles. The Balaban J connectivity index is 2.37. The number of hydrogen-bond acceptors (Lipinski definition) is 4. The van der Waals surface area contributed by atoms with Gasteiger partial charge in [0, 0.05) is 17.9 Å². The molecule has 0 spiro atoms. The maximum atomic E-state index is 11.5. The van der Waals surface area contributed by atoms with E-state index in [-0.39, 0.29) is 12.1 Å². The SMILES string of the molecule is CNC(=O)c1cc2cc(CP(O)O)ccc2s1. The van der Waals surface area contributed by atoms with Crippen LogP contribution in [0.1, 0.15) is 15.2 Å². The van der Waals surface area contributed by atoms with Gasteiger partial charge in [0.15, 0.2) is 8.38 Å². The van der Waals surface area contributed by atoms with E-state index in [0.717, 1.165) is 15.6 Å². The van der Waals surface area contributed by atoms with Crippen LogP contribution in [0.3, 0.4) is 0 Å². The molecule has 0 saturated carbocycles.